The van der Waals surface area contributed by atoms with E-state index in [1.54, 1.807) is 18.2 Å². The second-order valence-electron chi connectivity index (χ2n) is 5.36. The number of carbonyl (C=O) groups excluding carboxylic acids is 3. The van der Waals surface area contributed by atoms with E-state index in [0.29, 0.717) is 25.8 Å². The molecule has 0 saturated carbocycles. The molecule has 0 fully saturated rings. The average molecular weight is 574 g/mol. The molecule has 172 valence electrons. The van der Waals surface area contributed by atoms with Crippen LogP contribution in [0.1, 0.15) is 27.6 Å². The molecule has 0 unspecified atom stereocenters. The molecule has 0 saturated heterocycles. The van der Waals surface area contributed by atoms with Crippen LogP contribution in [0.5, 0.6) is 11.5 Å². The Balaban J connectivity index is 0.000000487. The number of aromatic hydroxyl groups is 1. The summed E-state index contributed by atoms with van der Waals surface area (Å²) in [6.07, 6.45) is 2.42. The molecule has 0 amide bonds. The lowest BCUT2D eigenvalue weighted by Gasteiger charge is -2.04. The van der Waals surface area contributed by atoms with E-state index in [1.807, 2.05) is 0 Å². The molecule has 2 aromatic carbocycles. The molecule has 1 N–H and O–H groups in total. The van der Waals surface area contributed by atoms with Crippen molar-refractivity contribution >= 4 is 49.8 Å². The first-order chi connectivity index (χ1) is 15.1. The number of rotatable bonds is 5. The SMILES string of the molecule is C=COC(C)=O.C=COc1ccc(C(=O)OC)cc1Br.COC(=O)c1ccc(O)c(Br)c1. The van der Waals surface area contributed by atoms with Crippen LogP contribution in [0.15, 0.2) is 71.0 Å². The Morgan fingerprint density at radius 1 is 0.875 bits per heavy atom. The Morgan fingerprint density at radius 3 is 1.72 bits per heavy atom. The van der Waals surface area contributed by atoms with E-state index in [-0.39, 0.29) is 17.7 Å². The minimum Gasteiger partial charge on any atom is -0.507 e. The van der Waals surface area contributed by atoms with E-state index >= 15 is 0 Å². The Bertz CT molecular complexity index is 957. The van der Waals surface area contributed by atoms with Gasteiger partial charge in [0.1, 0.15) is 11.5 Å². The van der Waals surface area contributed by atoms with E-state index in [2.05, 4.69) is 59.2 Å². The second kappa shape index (κ2) is 15.7. The van der Waals surface area contributed by atoms with Gasteiger partial charge in [-0.25, -0.2) is 9.59 Å². The fraction of sp³-hybridized carbons (Fsp3) is 0.136. The van der Waals surface area contributed by atoms with Crippen LogP contribution in [0.25, 0.3) is 0 Å². The summed E-state index contributed by atoms with van der Waals surface area (Å²) in [4.78, 5) is 31.8. The van der Waals surface area contributed by atoms with Crippen LogP contribution in [-0.4, -0.2) is 37.2 Å². The predicted molar refractivity (Wildman–Crippen MR) is 125 cm³/mol. The topological polar surface area (TPSA) is 108 Å². The van der Waals surface area contributed by atoms with Crippen LogP contribution < -0.4 is 4.74 Å². The lowest BCUT2D eigenvalue weighted by molar-refractivity contribution is -0.135. The zero-order chi connectivity index (χ0) is 24.7. The molecule has 0 atom stereocenters. The van der Waals surface area contributed by atoms with Gasteiger partial charge in [0.25, 0.3) is 0 Å². The number of esters is 3. The molecule has 2 rings (SSSR count). The smallest absolute Gasteiger partial charge is 0.337 e. The monoisotopic (exact) mass is 572 g/mol. The van der Waals surface area contributed by atoms with Gasteiger partial charge in [-0.05, 0) is 68.3 Å². The summed E-state index contributed by atoms with van der Waals surface area (Å²) in [7, 11) is 2.65. The van der Waals surface area contributed by atoms with Crippen molar-refractivity contribution in [1.29, 1.82) is 0 Å². The molecule has 0 aliphatic rings. The van der Waals surface area contributed by atoms with Crippen LogP contribution in [-0.2, 0) is 19.0 Å². The van der Waals surface area contributed by atoms with E-state index in [1.165, 1.54) is 45.6 Å². The van der Waals surface area contributed by atoms with Crippen LogP contribution in [0.3, 0.4) is 0 Å². The van der Waals surface area contributed by atoms with Gasteiger partial charge in [0.15, 0.2) is 0 Å². The van der Waals surface area contributed by atoms with Crippen LogP contribution in [0.4, 0.5) is 0 Å². The second-order valence-corrected chi connectivity index (χ2v) is 7.06. The van der Waals surface area contributed by atoms with Crippen molar-refractivity contribution < 1.29 is 38.4 Å². The molecule has 10 heteroatoms. The predicted octanol–water partition coefficient (Wildman–Crippen LogP) is 5.39. The van der Waals surface area contributed by atoms with Crippen LogP contribution in [0, 0.1) is 0 Å². The molecule has 0 spiro atoms. The lowest BCUT2D eigenvalue weighted by atomic mass is 10.2. The van der Waals surface area contributed by atoms with Crippen LogP contribution >= 0.6 is 31.9 Å². The van der Waals surface area contributed by atoms with E-state index < -0.39 is 5.97 Å². The molecule has 2 aromatic rings. The Morgan fingerprint density at radius 2 is 1.38 bits per heavy atom. The Hall–Kier alpha value is -3.11. The summed E-state index contributed by atoms with van der Waals surface area (Å²) in [6.45, 7) is 7.91. The van der Waals surface area contributed by atoms with Gasteiger partial charge in [-0.15, -0.1) is 0 Å². The summed E-state index contributed by atoms with van der Waals surface area (Å²) < 4.78 is 19.5. The Kier molecular flexibility index (Phi) is 14.1. The molecule has 0 aromatic heterocycles. The largest absolute Gasteiger partial charge is 0.507 e. The summed E-state index contributed by atoms with van der Waals surface area (Å²) in [6, 6.07) is 9.33. The molecular formula is C22H22Br2O8. The van der Waals surface area contributed by atoms with Gasteiger partial charge in [-0.2, -0.15) is 0 Å². The zero-order valence-electron chi connectivity index (χ0n) is 17.6. The normalized spacial score (nSPS) is 8.91. The van der Waals surface area contributed by atoms with Crippen molar-refractivity contribution in [2.45, 2.75) is 6.92 Å². The summed E-state index contributed by atoms with van der Waals surface area (Å²) in [5.74, 6) is -0.424. The minimum atomic E-state index is -0.421. The maximum absolute atomic E-state index is 11.1. The van der Waals surface area contributed by atoms with Crippen LogP contribution in [0.2, 0.25) is 0 Å². The van der Waals surface area contributed by atoms with Crippen molar-refractivity contribution in [3.63, 3.8) is 0 Å². The third kappa shape index (κ3) is 10.8. The zero-order valence-corrected chi connectivity index (χ0v) is 20.8. The highest BCUT2D eigenvalue weighted by Crippen LogP contribution is 2.26. The number of hydrogen-bond donors (Lipinski definition) is 1. The third-order valence-corrected chi connectivity index (χ3v) is 4.44. The number of carbonyl (C=O) groups is 3. The van der Waals surface area contributed by atoms with Gasteiger partial charge < -0.3 is 24.1 Å². The molecule has 0 heterocycles. The van der Waals surface area contributed by atoms with Gasteiger partial charge in [0.05, 0.1) is 46.8 Å². The summed E-state index contributed by atoms with van der Waals surface area (Å²) in [5.41, 5.74) is 0.873. The molecule has 0 radical (unpaired) electrons. The average Bonchev–Trinajstić information content (AvgIpc) is 2.76. The molecule has 0 bridgehead atoms. The number of phenolic OH excluding ortho intramolecular Hbond substituents is 1. The van der Waals surface area contributed by atoms with Gasteiger partial charge in [0, 0.05) is 6.92 Å². The standard InChI is InChI=1S/C10H9BrO3.C8H7BrO3.C4H6O2/c1-3-14-9-5-4-7(6-8(9)11)10(12)13-2;1-12-8(11)5-2-3-7(10)6(9)4-5;1-3-6-4(2)5/h3-6H,1H2,2H3;2-4,10H,1H3;3H,1H2,2H3. The highest BCUT2D eigenvalue weighted by atomic mass is 79.9. The minimum absolute atomic E-state index is 0.0997. The van der Waals surface area contributed by atoms with Crippen molar-refractivity contribution in [1.82, 2.24) is 0 Å². The number of methoxy groups -OCH3 is 2. The van der Waals surface area contributed by atoms with Gasteiger partial charge >= 0.3 is 17.9 Å². The molecule has 32 heavy (non-hydrogen) atoms. The molecular weight excluding hydrogens is 552 g/mol. The van der Waals surface area contributed by atoms with Gasteiger partial charge in [-0.1, -0.05) is 13.2 Å². The number of hydrogen-bond acceptors (Lipinski definition) is 8. The number of halogens is 2. The lowest BCUT2D eigenvalue weighted by Crippen LogP contribution is -2.00. The molecule has 8 nitrogen and oxygen atoms in total. The summed E-state index contributed by atoms with van der Waals surface area (Å²) >= 11 is 6.35. The van der Waals surface area contributed by atoms with Gasteiger partial charge in [0.2, 0.25) is 0 Å². The van der Waals surface area contributed by atoms with E-state index in [9.17, 15) is 14.4 Å². The highest BCUT2D eigenvalue weighted by molar-refractivity contribution is 9.10. The number of benzene rings is 2. The highest BCUT2D eigenvalue weighted by Gasteiger charge is 2.08. The van der Waals surface area contributed by atoms with Gasteiger partial charge in [-0.3, -0.25) is 4.79 Å². The first-order valence-electron chi connectivity index (χ1n) is 8.61. The molecule has 0 aliphatic heterocycles. The van der Waals surface area contributed by atoms with Crippen molar-refractivity contribution in [3.8, 4) is 11.5 Å². The first kappa shape index (κ1) is 28.9. The maximum atomic E-state index is 11.1. The fourth-order valence-electron chi connectivity index (χ4n) is 1.80. The molecule has 0 aliphatic carbocycles. The van der Waals surface area contributed by atoms with E-state index in [4.69, 9.17) is 9.84 Å². The quantitative estimate of drug-likeness (QED) is 0.288. The first-order valence-corrected chi connectivity index (χ1v) is 10.2. The fourth-order valence-corrected chi connectivity index (χ4v) is 2.65. The van der Waals surface area contributed by atoms with Crippen molar-refractivity contribution in [2.75, 3.05) is 14.2 Å². The third-order valence-electron chi connectivity index (χ3n) is 3.18. The Labute approximate surface area is 202 Å². The summed E-state index contributed by atoms with van der Waals surface area (Å²) in [5, 5.41) is 9.10. The van der Waals surface area contributed by atoms with Crippen molar-refractivity contribution in [3.05, 3.63) is 82.2 Å². The van der Waals surface area contributed by atoms with E-state index in [0.717, 1.165) is 6.26 Å². The number of ether oxygens (including phenoxy) is 4. The maximum Gasteiger partial charge on any atom is 0.337 e. The number of phenols is 1. The van der Waals surface area contributed by atoms with Crippen molar-refractivity contribution in [2.24, 2.45) is 0 Å².